The molecule has 4 aromatic carbocycles. The normalized spacial score (nSPS) is 11.0. The lowest BCUT2D eigenvalue weighted by Gasteiger charge is -2.13. The molecule has 10 heteroatoms. The number of ketones is 1. The van der Waals surface area contributed by atoms with E-state index in [2.05, 4.69) is 25.2 Å². The molecule has 248 valence electrons. The summed E-state index contributed by atoms with van der Waals surface area (Å²) in [6.07, 6.45) is -9.02. The Balaban J connectivity index is 0.000000375. The van der Waals surface area contributed by atoms with Crippen molar-refractivity contribution in [3.8, 4) is 0 Å². The third-order valence-electron chi connectivity index (χ3n) is 6.48. The molecule has 0 atom stereocenters. The average molecular weight is 647 g/mol. The Hall–Kier alpha value is -4.60. The Morgan fingerprint density at radius 2 is 1.07 bits per heavy atom. The predicted octanol–water partition coefficient (Wildman–Crippen LogP) is 11.0. The fourth-order valence-electron chi connectivity index (χ4n) is 4.06. The minimum absolute atomic E-state index is 0. The van der Waals surface area contributed by atoms with Crippen LogP contribution < -0.4 is 11.1 Å². The molecule has 0 radical (unpaired) electrons. The second-order valence-corrected chi connectivity index (χ2v) is 10.7. The van der Waals surface area contributed by atoms with Gasteiger partial charge < -0.3 is 11.1 Å². The van der Waals surface area contributed by atoms with E-state index >= 15 is 0 Å². The second kappa shape index (κ2) is 17.2. The van der Waals surface area contributed by atoms with E-state index in [1.54, 1.807) is 18.2 Å². The van der Waals surface area contributed by atoms with E-state index in [1.165, 1.54) is 42.0 Å². The lowest BCUT2D eigenvalue weighted by molar-refractivity contribution is -0.138. The lowest BCUT2D eigenvalue weighted by Crippen LogP contribution is -2.18. The van der Waals surface area contributed by atoms with Crippen molar-refractivity contribution in [3.05, 3.63) is 130 Å². The Bertz CT molecular complexity index is 1580. The number of anilines is 2. The molecule has 1 amide bonds. The van der Waals surface area contributed by atoms with Gasteiger partial charge in [-0.1, -0.05) is 89.7 Å². The number of amides is 1. The maximum Gasteiger partial charge on any atom is 0.417 e. The van der Waals surface area contributed by atoms with E-state index in [9.17, 15) is 35.9 Å². The molecule has 3 N–H and O–H groups in total. The SMILES string of the molecule is C.CC(=O)c1ccccc1C(F)(F)F.CC(C)c1cccc(N)c1.CC(C)c1cccc(NC(=O)c2ccccc2C(F)(F)F)c1. The molecule has 4 nitrogen and oxygen atoms in total. The van der Waals surface area contributed by atoms with E-state index in [4.69, 9.17) is 5.73 Å². The zero-order chi connectivity index (χ0) is 33.9. The van der Waals surface area contributed by atoms with Crippen LogP contribution in [0.15, 0.2) is 97.1 Å². The summed E-state index contributed by atoms with van der Waals surface area (Å²) in [6, 6.07) is 24.6. The van der Waals surface area contributed by atoms with Gasteiger partial charge in [0.25, 0.3) is 5.91 Å². The molecular weight excluding hydrogens is 606 g/mol. The number of rotatable bonds is 5. The van der Waals surface area contributed by atoms with Crippen LogP contribution in [0.1, 0.15) is 96.9 Å². The number of hydrogen-bond donors (Lipinski definition) is 2. The molecule has 0 aromatic heterocycles. The van der Waals surface area contributed by atoms with Crippen LogP contribution >= 0.6 is 0 Å². The number of hydrogen-bond acceptors (Lipinski definition) is 3. The standard InChI is InChI=1S/C17H16F3NO.C9H7F3O.C9H13N.CH4/c1-11(2)12-6-5-7-13(10-12)21-16(22)14-8-3-4-9-15(14)17(18,19)20;1-6(13)7-4-2-3-5-8(7)9(10,11)12;1-7(2)8-4-3-5-9(10)6-8;/h3-11H,1-2H3,(H,21,22);2-5H,1H3;3-7H,10H2,1-2H3;1H4. The van der Waals surface area contributed by atoms with Gasteiger partial charge in [0.05, 0.1) is 16.7 Å². The first-order chi connectivity index (χ1) is 20.9. The Morgan fingerprint density at radius 3 is 1.48 bits per heavy atom. The van der Waals surface area contributed by atoms with E-state index in [1.807, 2.05) is 38.1 Å². The van der Waals surface area contributed by atoms with Gasteiger partial charge in [0, 0.05) is 16.9 Å². The molecule has 0 aliphatic rings. The average Bonchev–Trinajstić information content (AvgIpc) is 2.97. The van der Waals surface area contributed by atoms with Crippen LogP contribution in [-0.2, 0) is 12.4 Å². The number of benzene rings is 4. The summed E-state index contributed by atoms with van der Waals surface area (Å²) in [5.74, 6) is -0.510. The second-order valence-electron chi connectivity index (χ2n) is 10.7. The lowest BCUT2D eigenvalue weighted by atomic mass is 10.0. The Kier molecular flexibility index (Phi) is 14.7. The molecule has 0 aliphatic carbocycles. The van der Waals surface area contributed by atoms with Crippen LogP contribution in [-0.4, -0.2) is 11.7 Å². The molecule has 0 bridgehead atoms. The van der Waals surface area contributed by atoms with E-state index in [-0.39, 0.29) is 24.5 Å². The molecule has 0 saturated carbocycles. The van der Waals surface area contributed by atoms with Crippen molar-refractivity contribution >= 4 is 23.1 Å². The maximum absolute atomic E-state index is 12.9. The highest BCUT2D eigenvalue weighted by molar-refractivity contribution is 6.05. The number of halogens is 6. The highest BCUT2D eigenvalue weighted by atomic mass is 19.4. The molecule has 0 unspecified atom stereocenters. The van der Waals surface area contributed by atoms with Gasteiger partial charge >= 0.3 is 12.4 Å². The van der Waals surface area contributed by atoms with Crippen molar-refractivity contribution in [2.45, 2.75) is 66.2 Å². The summed E-state index contributed by atoms with van der Waals surface area (Å²) in [5.41, 5.74) is 6.76. The number of Topliss-reactive ketones (excluding diaryl/α,β-unsaturated/α-hetero) is 1. The highest BCUT2D eigenvalue weighted by Crippen LogP contribution is 2.33. The molecule has 0 saturated heterocycles. The number of nitrogens with one attached hydrogen (secondary N) is 1. The van der Waals surface area contributed by atoms with E-state index < -0.39 is 35.2 Å². The minimum Gasteiger partial charge on any atom is -0.399 e. The number of carbonyl (C=O) groups is 2. The van der Waals surface area contributed by atoms with Crippen molar-refractivity contribution in [3.63, 3.8) is 0 Å². The monoisotopic (exact) mass is 646 g/mol. The van der Waals surface area contributed by atoms with Crippen LogP contribution in [0.4, 0.5) is 37.7 Å². The van der Waals surface area contributed by atoms with Gasteiger partial charge in [-0.15, -0.1) is 0 Å². The molecule has 46 heavy (non-hydrogen) atoms. The predicted molar refractivity (Wildman–Crippen MR) is 173 cm³/mol. The molecule has 0 aliphatic heterocycles. The summed E-state index contributed by atoms with van der Waals surface area (Å²) in [5, 5.41) is 2.53. The number of carbonyl (C=O) groups excluding carboxylic acids is 2. The highest BCUT2D eigenvalue weighted by Gasteiger charge is 2.35. The van der Waals surface area contributed by atoms with Crippen LogP contribution in [0.3, 0.4) is 0 Å². The van der Waals surface area contributed by atoms with Gasteiger partial charge in [-0.05, 0) is 72.4 Å². The number of alkyl halides is 6. The van der Waals surface area contributed by atoms with Crippen molar-refractivity contribution in [2.75, 3.05) is 11.1 Å². The topological polar surface area (TPSA) is 72.2 Å². The third kappa shape index (κ3) is 12.1. The third-order valence-corrected chi connectivity index (χ3v) is 6.48. The first-order valence-electron chi connectivity index (χ1n) is 14.0. The van der Waals surface area contributed by atoms with Gasteiger partial charge in [-0.2, -0.15) is 26.3 Å². The smallest absolute Gasteiger partial charge is 0.399 e. The Morgan fingerprint density at radius 1 is 0.630 bits per heavy atom. The minimum atomic E-state index is -4.56. The first kappa shape index (κ1) is 39.4. The van der Waals surface area contributed by atoms with Gasteiger partial charge in [-0.3, -0.25) is 9.59 Å². The molecule has 4 aromatic rings. The van der Waals surface area contributed by atoms with Crippen LogP contribution in [0.5, 0.6) is 0 Å². The van der Waals surface area contributed by atoms with Crippen molar-refractivity contribution in [1.29, 1.82) is 0 Å². The zero-order valence-corrected chi connectivity index (χ0v) is 25.6. The largest absolute Gasteiger partial charge is 0.417 e. The molecular formula is C36H40F6N2O2. The summed E-state index contributed by atoms with van der Waals surface area (Å²) >= 11 is 0. The first-order valence-corrected chi connectivity index (χ1v) is 14.0. The number of nitrogen functional groups attached to an aromatic ring is 1. The van der Waals surface area contributed by atoms with Crippen LogP contribution in [0.25, 0.3) is 0 Å². The van der Waals surface area contributed by atoms with Crippen LogP contribution in [0.2, 0.25) is 0 Å². The Labute approximate surface area is 266 Å². The molecule has 4 rings (SSSR count). The summed E-state index contributed by atoms with van der Waals surface area (Å²) in [6.45, 7) is 9.44. The summed E-state index contributed by atoms with van der Waals surface area (Å²) < 4.78 is 75.6. The van der Waals surface area contributed by atoms with Crippen LogP contribution in [0, 0.1) is 0 Å². The fourth-order valence-corrected chi connectivity index (χ4v) is 4.06. The maximum atomic E-state index is 12.9. The summed E-state index contributed by atoms with van der Waals surface area (Å²) in [7, 11) is 0. The van der Waals surface area contributed by atoms with E-state index in [0.717, 1.165) is 30.3 Å². The van der Waals surface area contributed by atoms with Crippen molar-refractivity contribution < 1.29 is 35.9 Å². The van der Waals surface area contributed by atoms with Crippen molar-refractivity contribution in [2.24, 2.45) is 0 Å². The molecule has 0 heterocycles. The fraction of sp³-hybridized carbons (Fsp3) is 0.278. The summed E-state index contributed by atoms with van der Waals surface area (Å²) in [4.78, 5) is 23.0. The van der Waals surface area contributed by atoms with Gasteiger partial charge in [0.2, 0.25) is 0 Å². The van der Waals surface area contributed by atoms with Gasteiger partial charge in [0.15, 0.2) is 5.78 Å². The van der Waals surface area contributed by atoms with Crippen molar-refractivity contribution in [1.82, 2.24) is 0 Å². The quantitative estimate of drug-likeness (QED) is 0.129. The molecule has 0 spiro atoms. The van der Waals surface area contributed by atoms with Gasteiger partial charge in [0.1, 0.15) is 0 Å². The van der Waals surface area contributed by atoms with E-state index in [0.29, 0.717) is 11.6 Å². The molecule has 0 fully saturated rings. The number of nitrogens with two attached hydrogens (primary N) is 1. The van der Waals surface area contributed by atoms with Gasteiger partial charge in [-0.25, -0.2) is 0 Å². The zero-order valence-electron chi connectivity index (χ0n) is 25.6.